The lowest BCUT2D eigenvalue weighted by atomic mass is 10.2. The number of aromatic nitrogens is 5. The van der Waals surface area contributed by atoms with Gasteiger partial charge >= 0.3 is 0 Å². The molecule has 0 aromatic carbocycles. The molecule has 3 rings (SSSR count). The molecule has 0 aliphatic heterocycles. The highest BCUT2D eigenvalue weighted by Gasteiger charge is 2.16. The van der Waals surface area contributed by atoms with Gasteiger partial charge in [0.05, 0.1) is 24.0 Å². The van der Waals surface area contributed by atoms with E-state index in [4.69, 9.17) is 4.74 Å². The second kappa shape index (κ2) is 6.97. The van der Waals surface area contributed by atoms with E-state index in [2.05, 4.69) is 25.4 Å². The average Bonchev–Trinajstić information content (AvgIpc) is 3.02. The zero-order valence-electron chi connectivity index (χ0n) is 13.0. The first-order chi connectivity index (χ1) is 11.3. The number of hydrogen-bond acceptors (Lipinski definition) is 6. The summed E-state index contributed by atoms with van der Waals surface area (Å²) in [5, 5.41) is 7.51. The van der Waals surface area contributed by atoms with E-state index in [-0.39, 0.29) is 6.04 Å². The lowest BCUT2D eigenvalue weighted by molar-refractivity contribution is 0.183. The van der Waals surface area contributed by atoms with Crippen molar-refractivity contribution < 1.29 is 4.74 Å². The Kier molecular flexibility index (Phi) is 4.58. The van der Waals surface area contributed by atoms with Gasteiger partial charge in [0.15, 0.2) is 0 Å². The van der Waals surface area contributed by atoms with E-state index < -0.39 is 0 Å². The second-order valence-corrected chi connectivity index (χ2v) is 5.03. The summed E-state index contributed by atoms with van der Waals surface area (Å²) in [6, 6.07) is 7.57. The number of hydrogen-bond donors (Lipinski definition) is 1. The SMILES string of the molecule is COCC(Nc1nccc(-c2ccncc2)n1)c1ccnn1C. The van der Waals surface area contributed by atoms with Crippen LogP contribution in [0.15, 0.2) is 49.1 Å². The maximum atomic E-state index is 5.30. The monoisotopic (exact) mass is 310 g/mol. The zero-order chi connectivity index (χ0) is 16.1. The summed E-state index contributed by atoms with van der Waals surface area (Å²) in [4.78, 5) is 12.9. The Balaban J connectivity index is 1.85. The molecule has 0 bridgehead atoms. The topological polar surface area (TPSA) is 77.8 Å². The van der Waals surface area contributed by atoms with Gasteiger partial charge in [0, 0.05) is 44.5 Å². The summed E-state index contributed by atoms with van der Waals surface area (Å²) >= 11 is 0. The van der Waals surface area contributed by atoms with Crippen molar-refractivity contribution in [3.05, 3.63) is 54.7 Å². The number of methoxy groups -OCH3 is 1. The number of aryl methyl sites for hydroxylation is 1. The second-order valence-electron chi connectivity index (χ2n) is 5.03. The van der Waals surface area contributed by atoms with Gasteiger partial charge < -0.3 is 10.1 Å². The zero-order valence-corrected chi connectivity index (χ0v) is 13.0. The summed E-state index contributed by atoms with van der Waals surface area (Å²) in [5.41, 5.74) is 2.84. The molecule has 0 radical (unpaired) electrons. The van der Waals surface area contributed by atoms with Crippen LogP contribution in [-0.2, 0) is 11.8 Å². The lowest BCUT2D eigenvalue weighted by Gasteiger charge is -2.18. The molecule has 3 aromatic heterocycles. The van der Waals surface area contributed by atoms with Gasteiger partial charge in [0.1, 0.15) is 0 Å². The van der Waals surface area contributed by atoms with E-state index in [1.165, 1.54) is 0 Å². The first kappa shape index (κ1) is 15.1. The molecular formula is C16H18N6O. The Morgan fingerprint density at radius 3 is 2.65 bits per heavy atom. The Labute approximate surface area is 134 Å². The van der Waals surface area contributed by atoms with Gasteiger partial charge in [-0.2, -0.15) is 5.10 Å². The molecule has 0 saturated heterocycles. The predicted octanol–water partition coefficient (Wildman–Crippen LogP) is 2.07. The molecule has 118 valence electrons. The van der Waals surface area contributed by atoms with E-state index in [0.717, 1.165) is 17.0 Å². The van der Waals surface area contributed by atoms with Crippen LogP contribution in [0.3, 0.4) is 0 Å². The summed E-state index contributed by atoms with van der Waals surface area (Å²) < 4.78 is 7.11. The minimum atomic E-state index is -0.0832. The summed E-state index contributed by atoms with van der Waals surface area (Å²) in [6.07, 6.45) is 6.98. The number of nitrogens with zero attached hydrogens (tertiary/aromatic N) is 5. The van der Waals surface area contributed by atoms with E-state index in [0.29, 0.717) is 12.6 Å². The van der Waals surface area contributed by atoms with Crippen molar-refractivity contribution >= 4 is 5.95 Å². The number of pyridine rings is 1. The molecule has 0 fully saturated rings. The number of ether oxygens (including phenoxy) is 1. The highest BCUT2D eigenvalue weighted by atomic mass is 16.5. The molecule has 7 heteroatoms. The van der Waals surface area contributed by atoms with E-state index in [9.17, 15) is 0 Å². The third kappa shape index (κ3) is 3.51. The fourth-order valence-electron chi connectivity index (χ4n) is 2.36. The van der Waals surface area contributed by atoms with Crippen molar-refractivity contribution in [3.63, 3.8) is 0 Å². The Morgan fingerprint density at radius 2 is 1.96 bits per heavy atom. The fourth-order valence-corrected chi connectivity index (χ4v) is 2.36. The molecule has 0 saturated carbocycles. The highest BCUT2D eigenvalue weighted by molar-refractivity contribution is 5.59. The molecule has 0 spiro atoms. The molecular weight excluding hydrogens is 292 g/mol. The molecule has 7 nitrogen and oxygen atoms in total. The Hall–Kier alpha value is -2.80. The van der Waals surface area contributed by atoms with Gasteiger partial charge in [-0.1, -0.05) is 0 Å². The van der Waals surface area contributed by atoms with Crippen LogP contribution in [0.25, 0.3) is 11.3 Å². The van der Waals surface area contributed by atoms with Crippen molar-refractivity contribution in [3.8, 4) is 11.3 Å². The first-order valence-corrected chi connectivity index (χ1v) is 7.24. The van der Waals surface area contributed by atoms with Crippen LogP contribution in [0.2, 0.25) is 0 Å². The van der Waals surface area contributed by atoms with Gasteiger partial charge in [-0.05, 0) is 24.3 Å². The van der Waals surface area contributed by atoms with E-state index in [1.54, 1.807) is 31.9 Å². The molecule has 1 unspecified atom stereocenters. The predicted molar refractivity (Wildman–Crippen MR) is 86.7 cm³/mol. The summed E-state index contributed by atoms with van der Waals surface area (Å²) in [7, 11) is 3.56. The van der Waals surface area contributed by atoms with Crippen LogP contribution in [-0.4, -0.2) is 38.4 Å². The van der Waals surface area contributed by atoms with E-state index >= 15 is 0 Å². The Bertz CT molecular complexity index is 758. The third-order valence-corrected chi connectivity index (χ3v) is 3.48. The van der Waals surface area contributed by atoms with Crippen LogP contribution in [0.4, 0.5) is 5.95 Å². The maximum absolute atomic E-state index is 5.30. The molecule has 3 aromatic rings. The van der Waals surface area contributed by atoms with Gasteiger partial charge in [-0.3, -0.25) is 9.67 Å². The molecule has 0 amide bonds. The summed E-state index contributed by atoms with van der Waals surface area (Å²) in [6.45, 7) is 0.488. The minimum Gasteiger partial charge on any atom is -0.382 e. The maximum Gasteiger partial charge on any atom is 0.223 e. The molecule has 0 aliphatic rings. The standard InChI is InChI=1S/C16H18N6O/c1-22-15(6-10-19-22)14(11-23-2)21-16-18-9-5-13(20-16)12-3-7-17-8-4-12/h3-10,14H,11H2,1-2H3,(H,18,20,21). The largest absolute Gasteiger partial charge is 0.382 e. The van der Waals surface area contributed by atoms with E-state index in [1.807, 2.05) is 36.0 Å². The molecule has 1 N–H and O–H groups in total. The van der Waals surface area contributed by atoms with Crippen LogP contribution < -0.4 is 5.32 Å². The van der Waals surface area contributed by atoms with Crippen LogP contribution in [0.5, 0.6) is 0 Å². The number of rotatable bonds is 6. The first-order valence-electron chi connectivity index (χ1n) is 7.24. The smallest absolute Gasteiger partial charge is 0.223 e. The lowest BCUT2D eigenvalue weighted by Crippen LogP contribution is -2.20. The number of nitrogens with one attached hydrogen (secondary N) is 1. The Morgan fingerprint density at radius 1 is 1.13 bits per heavy atom. The molecule has 0 aliphatic carbocycles. The average molecular weight is 310 g/mol. The van der Waals surface area contributed by atoms with Crippen molar-refractivity contribution in [2.45, 2.75) is 6.04 Å². The van der Waals surface area contributed by atoms with Crippen LogP contribution in [0.1, 0.15) is 11.7 Å². The molecule has 1 atom stereocenters. The molecule has 23 heavy (non-hydrogen) atoms. The van der Waals surface area contributed by atoms with Crippen molar-refractivity contribution in [1.82, 2.24) is 24.7 Å². The van der Waals surface area contributed by atoms with Crippen LogP contribution in [0, 0.1) is 0 Å². The highest BCUT2D eigenvalue weighted by Crippen LogP contribution is 2.20. The van der Waals surface area contributed by atoms with Gasteiger partial charge in [-0.15, -0.1) is 0 Å². The van der Waals surface area contributed by atoms with Crippen molar-refractivity contribution in [2.24, 2.45) is 7.05 Å². The van der Waals surface area contributed by atoms with Gasteiger partial charge in [-0.25, -0.2) is 9.97 Å². The number of anilines is 1. The van der Waals surface area contributed by atoms with Crippen molar-refractivity contribution in [2.75, 3.05) is 19.0 Å². The quantitative estimate of drug-likeness (QED) is 0.751. The van der Waals surface area contributed by atoms with Gasteiger partial charge in [0.2, 0.25) is 5.95 Å². The summed E-state index contributed by atoms with van der Waals surface area (Å²) in [5.74, 6) is 0.544. The fraction of sp³-hybridized carbons (Fsp3) is 0.250. The minimum absolute atomic E-state index is 0.0832. The molecule has 3 heterocycles. The van der Waals surface area contributed by atoms with Gasteiger partial charge in [0.25, 0.3) is 0 Å². The normalized spacial score (nSPS) is 12.1. The van der Waals surface area contributed by atoms with Crippen molar-refractivity contribution in [1.29, 1.82) is 0 Å². The van der Waals surface area contributed by atoms with Crippen LogP contribution >= 0.6 is 0 Å². The third-order valence-electron chi connectivity index (χ3n) is 3.48.